The average molecular weight is 427 g/mol. The third-order valence-electron chi connectivity index (χ3n) is 4.42. The zero-order valence-corrected chi connectivity index (χ0v) is 18.1. The number of sulfonamides is 1. The maximum absolute atomic E-state index is 12.0. The lowest BCUT2D eigenvalue weighted by Gasteiger charge is -2.36. The van der Waals surface area contributed by atoms with Crippen molar-refractivity contribution in [1.82, 2.24) is 10.0 Å². The molecule has 1 aliphatic rings. The van der Waals surface area contributed by atoms with Crippen LogP contribution in [0.3, 0.4) is 0 Å². The van der Waals surface area contributed by atoms with Gasteiger partial charge in [0.15, 0.2) is 0 Å². The Morgan fingerprint density at radius 3 is 2.28 bits per heavy atom. The summed E-state index contributed by atoms with van der Waals surface area (Å²) in [5.41, 5.74) is 1.67. The van der Waals surface area contributed by atoms with Crippen molar-refractivity contribution in [1.29, 1.82) is 0 Å². The number of rotatable bonds is 7. The first-order valence-electron chi connectivity index (χ1n) is 9.66. The van der Waals surface area contributed by atoms with Gasteiger partial charge in [-0.05, 0) is 52.0 Å². The lowest BCUT2D eigenvalue weighted by atomic mass is 10.2. The highest BCUT2D eigenvalue weighted by Crippen LogP contribution is 2.22. The molecule has 0 radical (unpaired) electrons. The summed E-state index contributed by atoms with van der Waals surface area (Å²) in [6.45, 7) is 8.69. The normalized spacial score (nSPS) is 19.7. The van der Waals surface area contributed by atoms with Gasteiger partial charge in [-0.15, -0.1) is 0 Å². The van der Waals surface area contributed by atoms with E-state index in [-0.39, 0.29) is 25.2 Å². The quantitative estimate of drug-likeness (QED) is 0.611. The molecule has 29 heavy (non-hydrogen) atoms. The molecule has 2 rings (SSSR count). The third kappa shape index (κ3) is 7.21. The lowest BCUT2D eigenvalue weighted by Crippen LogP contribution is -2.45. The second kappa shape index (κ2) is 9.93. The van der Waals surface area contributed by atoms with Crippen molar-refractivity contribution < 1.29 is 22.7 Å². The highest BCUT2D eigenvalue weighted by Gasteiger charge is 2.22. The number of carbonyl (C=O) groups excluding carboxylic acids is 2. The molecule has 1 aromatic carbocycles. The van der Waals surface area contributed by atoms with E-state index in [4.69, 9.17) is 4.74 Å². The number of carbonyl (C=O) groups is 2. The van der Waals surface area contributed by atoms with Gasteiger partial charge in [-0.2, -0.15) is 0 Å². The van der Waals surface area contributed by atoms with Crippen LogP contribution in [0.5, 0.6) is 0 Å². The number of nitrogens with one attached hydrogen (secondary N) is 3. The molecule has 1 saturated heterocycles. The Labute approximate surface area is 172 Å². The van der Waals surface area contributed by atoms with Crippen LogP contribution in [0.2, 0.25) is 0 Å². The Balaban J connectivity index is 1.77. The molecule has 162 valence electrons. The number of ether oxygens (including phenoxy) is 1. The van der Waals surface area contributed by atoms with E-state index >= 15 is 0 Å². The van der Waals surface area contributed by atoms with Crippen LogP contribution in [-0.4, -0.2) is 57.4 Å². The van der Waals surface area contributed by atoms with Crippen molar-refractivity contribution in [3.63, 3.8) is 0 Å². The third-order valence-corrected chi connectivity index (χ3v) is 6.18. The highest BCUT2D eigenvalue weighted by atomic mass is 32.2. The van der Waals surface area contributed by atoms with E-state index in [0.29, 0.717) is 5.69 Å². The van der Waals surface area contributed by atoms with Gasteiger partial charge in [0, 0.05) is 37.4 Å². The number of morpholine rings is 1. The first-order chi connectivity index (χ1) is 13.6. The second-order valence-corrected chi connectivity index (χ2v) is 9.70. The van der Waals surface area contributed by atoms with E-state index in [9.17, 15) is 18.0 Å². The van der Waals surface area contributed by atoms with Crippen molar-refractivity contribution in [2.24, 2.45) is 0 Å². The number of nitrogens with zero attached hydrogens (tertiary/aromatic N) is 1. The van der Waals surface area contributed by atoms with Crippen molar-refractivity contribution >= 4 is 33.3 Å². The molecule has 0 saturated carbocycles. The van der Waals surface area contributed by atoms with Crippen LogP contribution in [0.4, 0.5) is 16.2 Å². The molecule has 0 aliphatic carbocycles. The van der Waals surface area contributed by atoms with Crippen molar-refractivity contribution in [2.75, 3.05) is 29.9 Å². The van der Waals surface area contributed by atoms with E-state index in [2.05, 4.69) is 15.5 Å². The maximum atomic E-state index is 12.0. The molecular formula is C19H30N4O5S. The fourth-order valence-corrected chi connectivity index (χ4v) is 3.59. The molecule has 9 nitrogen and oxygen atoms in total. The first-order valence-corrected chi connectivity index (χ1v) is 11.2. The van der Waals surface area contributed by atoms with E-state index in [1.54, 1.807) is 0 Å². The van der Waals surface area contributed by atoms with Gasteiger partial charge in [-0.3, -0.25) is 9.52 Å². The molecule has 2 atom stereocenters. The number of urea groups is 1. The molecule has 1 aliphatic heterocycles. The Kier molecular flexibility index (Phi) is 7.86. The summed E-state index contributed by atoms with van der Waals surface area (Å²) in [7, 11) is -3.66. The highest BCUT2D eigenvalue weighted by molar-refractivity contribution is 7.90. The topological polar surface area (TPSA) is 117 Å². The van der Waals surface area contributed by atoms with Gasteiger partial charge in [-0.1, -0.05) is 0 Å². The molecule has 3 N–H and O–H groups in total. The van der Waals surface area contributed by atoms with Gasteiger partial charge in [0.05, 0.1) is 17.5 Å². The average Bonchev–Trinajstić information content (AvgIpc) is 2.61. The number of anilines is 2. The van der Waals surface area contributed by atoms with Crippen LogP contribution in [0, 0.1) is 0 Å². The minimum absolute atomic E-state index is 0.0208. The van der Waals surface area contributed by atoms with Gasteiger partial charge in [0.2, 0.25) is 15.9 Å². The minimum Gasteiger partial charge on any atom is -0.372 e. The summed E-state index contributed by atoms with van der Waals surface area (Å²) >= 11 is 0. The summed E-state index contributed by atoms with van der Waals surface area (Å²) in [5, 5.41) is 4.52. The van der Waals surface area contributed by atoms with Crippen LogP contribution < -0.4 is 20.3 Å². The summed E-state index contributed by atoms with van der Waals surface area (Å²) in [5.74, 6) is -0.655. The molecular weight excluding hydrogens is 396 g/mol. The van der Waals surface area contributed by atoms with Gasteiger partial charge in [0.25, 0.3) is 0 Å². The standard InChI is InChI=1S/C19H30N4O5S/c1-13(2)29(26,27)22-18(24)9-10-20-19(25)21-16-5-7-17(8-6-16)23-11-14(3)28-15(4)12-23/h5-8,13-15H,9-12H2,1-4H3,(H,22,24)(H2,20,21,25). The fraction of sp³-hybridized carbons (Fsp3) is 0.579. The SMILES string of the molecule is CC1CN(c2ccc(NC(=O)NCCC(=O)NS(=O)(=O)C(C)C)cc2)CC(C)O1. The van der Waals surface area contributed by atoms with Gasteiger partial charge in [-0.25, -0.2) is 13.2 Å². The zero-order chi connectivity index (χ0) is 21.6. The summed E-state index contributed by atoms with van der Waals surface area (Å²) in [4.78, 5) is 25.9. The second-order valence-electron chi connectivity index (χ2n) is 7.46. The number of hydrogen-bond acceptors (Lipinski definition) is 6. The molecule has 0 spiro atoms. The predicted molar refractivity (Wildman–Crippen MR) is 113 cm³/mol. The van der Waals surface area contributed by atoms with Crippen LogP contribution >= 0.6 is 0 Å². The predicted octanol–water partition coefficient (Wildman–Crippen LogP) is 1.67. The number of amides is 3. The van der Waals surface area contributed by atoms with Crippen molar-refractivity contribution in [2.45, 2.75) is 51.6 Å². The molecule has 10 heteroatoms. The molecule has 0 aromatic heterocycles. The fourth-order valence-electron chi connectivity index (χ4n) is 2.94. The van der Waals surface area contributed by atoms with Crippen LogP contribution in [-0.2, 0) is 19.6 Å². The zero-order valence-electron chi connectivity index (χ0n) is 17.3. The first kappa shape index (κ1) is 23.0. The molecule has 2 unspecified atom stereocenters. The largest absolute Gasteiger partial charge is 0.372 e. The van der Waals surface area contributed by atoms with E-state index in [1.807, 2.05) is 42.8 Å². The molecule has 0 bridgehead atoms. The Bertz CT molecular complexity index is 800. The Morgan fingerprint density at radius 2 is 1.72 bits per heavy atom. The number of hydrogen-bond donors (Lipinski definition) is 3. The lowest BCUT2D eigenvalue weighted by molar-refractivity contribution is -0.119. The smallest absolute Gasteiger partial charge is 0.319 e. The van der Waals surface area contributed by atoms with E-state index in [1.165, 1.54) is 13.8 Å². The minimum atomic E-state index is -3.66. The van der Waals surface area contributed by atoms with Gasteiger partial charge in [0.1, 0.15) is 0 Å². The maximum Gasteiger partial charge on any atom is 0.319 e. The van der Waals surface area contributed by atoms with Gasteiger partial charge < -0.3 is 20.3 Å². The number of benzene rings is 1. The molecule has 1 heterocycles. The van der Waals surface area contributed by atoms with Crippen LogP contribution in [0.15, 0.2) is 24.3 Å². The summed E-state index contributed by atoms with van der Waals surface area (Å²) in [6.07, 6.45) is 0.191. The molecule has 1 fully saturated rings. The van der Waals surface area contributed by atoms with Crippen molar-refractivity contribution in [3.8, 4) is 0 Å². The van der Waals surface area contributed by atoms with E-state index in [0.717, 1.165) is 18.8 Å². The Hall–Kier alpha value is -2.33. The summed E-state index contributed by atoms with van der Waals surface area (Å²) < 4.78 is 30.9. The molecule has 3 amide bonds. The molecule has 1 aromatic rings. The Morgan fingerprint density at radius 1 is 1.14 bits per heavy atom. The van der Waals surface area contributed by atoms with Gasteiger partial charge >= 0.3 is 6.03 Å². The van der Waals surface area contributed by atoms with Crippen molar-refractivity contribution in [3.05, 3.63) is 24.3 Å². The van der Waals surface area contributed by atoms with E-state index < -0.39 is 27.2 Å². The van der Waals surface area contributed by atoms with Crippen LogP contribution in [0.25, 0.3) is 0 Å². The monoisotopic (exact) mass is 426 g/mol. The van der Waals surface area contributed by atoms with Crippen LogP contribution in [0.1, 0.15) is 34.1 Å². The summed E-state index contributed by atoms with van der Waals surface area (Å²) in [6, 6.07) is 7.02.